The zero-order valence-electron chi connectivity index (χ0n) is 10.5. The average molecular weight is 300 g/mol. The largest absolute Gasteiger partial charge is 0.488 e. The maximum Gasteiger partial charge on any atom is 0.349 e. The molecule has 3 heterocycles. The molecular weight excluding hydrogens is 284 g/mol. The molecule has 2 fully saturated rings. The van der Waals surface area contributed by atoms with Crippen molar-refractivity contribution in [1.29, 1.82) is 0 Å². The Labute approximate surface area is 120 Å². The number of hydrogen-bond acceptors (Lipinski definition) is 5. The summed E-state index contributed by atoms with van der Waals surface area (Å²) in [5.74, 6) is 1.77. The normalized spacial score (nSPS) is 30.6. The van der Waals surface area contributed by atoms with E-state index in [1.807, 2.05) is 11.8 Å². The molecule has 1 aromatic heterocycles. The number of rotatable bonds is 3. The molecule has 4 nitrogen and oxygen atoms in total. The van der Waals surface area contributed by atoms with Crippen LogP contribution < -0.4 is 4.74 Å². The highest BCUT2D eigenvalue weighted by molar-refractivity contribution is 7.99. The quantitative estimate of drug-likeness (QED) is 0.930. The predicted octanol–water partition coefficient (Wildman–Crippen LogP) is 2.88. The SMILES string of the molecule is O=C(O)c1sccc1OC1CCOC2(CCSC2)C1. The van der Waals surface area contributed by atoms with Crippen LogP contribution in [0, 0.1) is 0 Å². The van der Waals surface area contributed by atoms with Gasteiger partial charge in [0.15, 0.2) is 4.88 Å². The van der Waals surface area contributed by atoms with E-state index in [1.54, 1.807) is 11.4 Å². The van der Waals surface area contributed by atoms with Crippen molar-refractivity contribution in [1.82, 2.24) is 0 Å². The molecule has 2 aliphatic heterocycles. The Morgan fingerprint density at radius 1 is 1.58 bits per heavy atom. The number of thiophene rings is 1. The minimum atomic E-state index is -0.914. The van der Waals surface area contributed by atoms with Crippen molar-refractivity contribution in [3.05, 3.63) is 16.3 Å². The van der Waals surface area contributed by atoms with Gasteiger partial charge in [0.2, 0.25) is 0 Å². The number of ether oxygens (including phenoxy) is 2. The molecule has 2 unspecified atom stereocenters. The summed E-state index contributed by atoms with van der Waals surface area (Å²) < 4.78 is 11.9. The molecule has 104 valence electrons. The van der Waals surface area contributed by atoms with Gasteiger partial charge in [0, 0.05) is 18.6 Å². The zero-order valence-corrected chi connectivity index (χ0v) is 12.1. The van der Waals surface area contributed by atoms with Crippen LogP contribution in [-0.4, -0.2) is 40.9 Å². The third-order valence-corrected chi connectivity index (χ3v) is 5.74. The van der Waals surface area contributed by atoms with Crippen LogP contribution >= 0.6 is 23.1 Å². The van der Waals surface area contributed by atoms with Crippen molar-refractivity contribution in [3.8, 4) is 5.75 Å². The van der Waals surface area contributed by atoms with Gasteiger partial charge in [-0.2, -0.15) is 11.8 Å². The second-order valence-corrected chi connectivity index (χ2v) is 7.01. The van der Waals surface area contributed by atoms with Gasteiger partial charge < -0.3 is 14.6 Å². The monoisotopic (exact) mass is 300 g/mol. The van der Waals surface area contributed by atoms with Gasteiger partial charge in [-0.3, -0.25) is 0 Å². The van der Waals surface area contributed by atoms with E-state index in [1.165, 1.54) is 11.3 Å². The molecule has 6 heteroatoms. The zero-order chi connectivity index (χ0) is 13.3. The third-order valence-electron chi connectivity index (χ3n) is 3.63. The summed E-state index contributed by atoms with van der Waals surface area (Å²) in [7, 11) is 0. The van der Waals surface area contributed by atoms with Crippen molar-refractivity contribution >= 4 is 29.1 Å². The van der Waals surface area contributed by atoms with E-state index in [2.05, 4.69) is 0 Å². The summed E-state index contributed by atoms with van der Waals surface area (Å²) >= 11 is 3.13. The second kappa shape index (κ2) is 5.34. The Morgan fingerprint density at radius 2 is 2.47 bits per heavy atom. The first-order chi connectivity index (χ1) is 9.19. The molecule has 2 aliphatic rings. The number of aromatic carboxylic acids is 1. The number of carboxylic acid groups (broad SMARTS) is 1. The van der Waals surface area contributed by atoms with E-state index in [4.69, 9.17) is 14.6 Å². The van der Waals surface area contributed by atoms with Crippen molar-refractivity contribution in [2.45, 2.75) is 31.0 Å². The molecule has 0 aliphatic carbocycles. The molecule has 0 bridgehead atoms. The molecule has 2 saturated heterocycles. The summed E-state index contributed by atoms with van der Waals surface area (Å²) in [5, 5.41) is 10.9. The number of carbonyl (C=O) groups is 1. The molecule has 3 rings (SSSR count). The molecule has 1 aromatic rings. The van der Waals surface area contributed by atoms with Gasteiger partial charge in [-0.25, -0.2) is 4.79 Å². The number of thioether (sulfide) groups is 1. The maximum atomic E-state index is 11.1. The van der Waals surface area contributed by atoms with Crippen molar-refractivity contribution in [3.63, 3.8) is 0 Å². The Kier molecular flexibility index (Phi) is 3.73. The van der Waals surface area contributed by atoms with Crippen molar-refractivity contribution in [2.24, 2.45) is 0 Å². The molecule has 1 spiro atoms. The molecule has 1 N–H and O–H groups in total. The average Bonchev–Trinajstić information content (AvgIpc) is 2.99. The van der Waals surface area contributed by atoms with Crippen LogP contribution in [0.15, 0.2) is 11.4 Å². The predicted molar refractivity (Wildman–Crippen MR) is 75.6 cm³/mol. The summed E-state index contributed by atoms with van der Waals surface area (Å²) in [6, 6.07) is 1.75. The first-order valence-electron chi connectivity index (χ1n) is 6.38. The lowest BCUT2D eigenvalue weighted by molar-refractivity contribution is -0.0958. The molecular formula is C13H16O4S2. The van der Waals surface area contributed by atoms with Gasteiger partial charge in [-0.15, -0.1) is 11.3 Å². The minimum absolute atomic E-state index is 0.0347. The highest BCUT2D eigenvalue weighted by Crippen LogP contribution is 2.39. The standard InChI is InChI=1S/C13H16O4S2/c14-12(15)11-10(2-5-19-11)17-9-1-4-16-13(7-9)3-6-18-8-13/h2,5,9H,1,3-4,6-8H2,(H,14,15). The van der Waals surface area contributed by atoms with Gasteiger partial charge in [0.25, 0.3) is 0 Å². The summed E-state index contributed by atoms with van der Waals surface area (Å²) in [5.41, 5.74) is -0.0347. The molecule has 0 aromatic carbocycles. The van der Waals surface area contributed by atoms with E-state index >= 15 is 0 Å². The van der Waals surface area contributed by atoms with Crippen LogP contribution in [-0.2, 0) is 4.74 Å². The van der Waals surface area contributed by atoms with E-state index in [9.17, 15) is 4.79 Å². The fourth-order valence-corrected chi connectivity index (χ4v) is 4.71. The van der Waals surface area contributed by atoms with Gasteiger partial charge >= 0.3 is 5.97 Å². The van der Waals surface area contributed by atoms with E-state index in [-0.39, 0.29) is 11.7 Å². The van der Waals surface area contributed by atoms with E-state index < -0.39 is 5.97 Å². The van der Waals surface area contributed by atoms with Crippen LogP contribution in [0.25, 0.3) is 0 Å². The van der Waals surface area contributed by atoms with Crippen molar-refractivity contribution in [2.75, 3.05) is 18.1 Å². The topological polar surface area (TPSA) is 55.8 Å². The fourth-order valence-electron chi connectivity index (χ4n) is 2.67. The molecule has 2 atom stereocenters. The summed E-state index contributed by atoms with van der Waals surface area (Å²) in [6.45, 7) is 0.706. The van der Waals surface area contributed by atoms with Crippen LogP contribution in [0.1, 0.15) is 28.9 Å². The second-order valence-electron chi connectivity index (χ2n) is 4.99. The lowest BCUT2D eigenvalue weighted by Gasteiger charge is -2.37. The summed E-state index contributed by atoms with van der Waals surface area (Å²) in [4.78, 5) is 11.4. The van der Waals surface area contributed by atoms with Crippen LogP contribution in [0.3, 0.4) is 0 Å². The smallest absolute Gasteiger partial charge is 0.349 e. The highest BCUT2D eigenvalue weighted by Gasteiger charge is 2.41. The molecule has 0 saturated carbocycles. The Balaban J connectivity index is 1.69. The Bertz CT molecular complexity index is 465. The van der Waals surface area contributed by atoms with Crippen molar-refractivity contribution < 1.29 is 19.4 Å². The highest BCUT2D eigenvalue weighted by atomic mass is 32.2. The summed E-state index contributed by atoms with van der Waals surface area (Å²) in [6.07, 6.45) is 2.85. The van der Waals surface area contributed by atoms with E-state index in [0.717, 1.165) is 30.8 Å². The Hall–Kier alpha value is -0.720. The van der Waals surface area contributed by atoms with Crippen LogP contribution in [0.5, 0.6) is 5.75 Å². The maximum absolute atomic E-state index is 11.1. The lowest BCUT2D eigenvalue weighted by atomic mass is 9.91. The van der Waals surface area contributed by atoms with Gasteiger partial charge in [0.1, 0.15) is 11.9 Å². The molecule has 0 radical (unpaired) electrons. The van der Waals surface area contributed by atoms with Crippen LogP contribution in [0.4, 0.5) is 0 Å². The van der Waals surface area contributed by atoms with Crippen LogP contribution in [0.2, 0.25) is 0 Å². The molecule has 0 amide bonds. The third kappa shape index (κ3) is 2.75. The van der Waals surface area contributed by atoms with Gasteiger partial charge in [-0.05, 0) is 23.6 Å². The number of hydrogen-bond donors (Lipinski definition) is 1. The molecule has 19 heavy (non-hydrogen) atoms. The van der Waals surface area contributed by atoms with E-state index in [0.29, 0.717) is 17.2 Å². The first-order valence-corrected chi connectivity index (χ1v) is 8.41. The first kappa shape index (κ1) is 13.3. The number of carboxylic acids is 1. The van der Waals surface area contributed by atoms with Gasteiger partial charge in [0.05, 0.1) is 12.2 Å². The fraction of sp³-hybridized carbons (Fsp3) is 0.615. The minimum Gasteiger partial charge on any atom is -0.488 e. The lowest BCUT2D eigenvalue weighted by Crippen LogP contribution is -2.43. The Morgan fingerprint density at radius 3 is 3.21 bits per heavy atom. The van der Waals surface area contributed by atoms with Gasteiger partial charge in [-0.1, -0.05) is 0 Å².